The van der Waals surface area contributed by atoms with Crippen molar-refractivity contribution >= 4 is 39.7 Å². The predicted molar refractivity (Wildman–Crippen MR) is 80.8 cm³/mol. The second kappa shape index (κ2) is 7.37. The van der Waals surface area contributed by atoms with E-state index in [1.54, 1.807) is 16.3 Å². The monoisotopic (exact) mass is 339 g/mol. The zero-order valence-corrected chi connectivity index (χ0v) is 13.5. The molecule has 20 heavy (non-hydrogen) atoms. The summed E-state index contributed by atoms with van der Waals surface area (Å²) in [5.74, 6) is -0.186. The molecule has 2 N–H and O–H groups in total. The molecular formula is C11H18ClN3O3S2. The molecule has 0 bridgehead atoms. The summed E-state index contributed by atoms with van der Waals surface area (Å²) in [5.41, 5.74) is 0. The topological polar surface area (TPSA) is 78.5 Å². The van der Waals surface area contributed by atoms with Crippen molar-refractivity contribution in [3.05, 3.63) is 17.5 Å². The molecule has 1 amide bonds. The highest BCUT2D eigenvalue weighted by atomic mass is 35.5. The summed E-state index contributed by atoms with van der Waals surface area (Å²) in [6.45, 7) is 3.85. The molecule has 1 saturated heterocycles. The van der Waals surface area contributed by atoms with Gasteiger partial charge in [0.1, 0.15) is 4.21 Å². The number of hydrogen-bond acceptors (Lipinski definition) is 5. The highest BCUT2D eigenvalue weighted by molar-refractivity contribution is 7.91. The summed E-state index contributed by atoms with van der Waals surface area (Å²) in [6.07, 6.45) is 0. The lowest BCUT2D eigenvalue weighted by Crippen LogP contribution is -2.54. The van der Waals surface area contributed by atoms with E-state index in [4.69, 9.17) is 0 Å². The van der Waals surface area contributed by atoms with Crippen LogP contribution in [0.2, 0.25) is 0 Å². The number of nitrogens with one attached hydrogen (secondary N) is 2. The molecular weight excluding hydrogens is 322 g/mol. The fourth-order valence-electron chi connectivity index (χ4n) is 1.96. The van der Waals surface area contributed by atoms with Crippen molar-refractivity contribution in [3.63, 3.8) is 0 Å². The molecule has 0 saturated carbocycles. The third-order valence-electron chi connectivity index (χ3n) is 2.99. The lowest BCUT2D eigenvalue weighted by Gasteiger charge is -2.34. The van der Waals surface area contributed by atoms with Crippen LogP contribution in [0.4, 0.5) is 0 Å². The van der Waals surface area contributed by atoms with Crippen molar-refractivity contribution in [1.29, 1.82) is 0 Å². The fraction of sp³-hybridized carbons (Fsp3) is 0.545. The minimum Gasteiger partial charge on any atom is -0.336 e. The SMILES string of the molecule is CC1CNCCN1C(=O)CNS(=O)(=O)c1cccs1.Cl. The third-order valence-corrected chi connectivity index (χ3v) is 5.79. The molecule has 1 aromatic rings. The Labute approximate surface area is 129 Å². The van der Waals surface area contributed by atoms with E-state index in [9.17, 15) is 13.2 Å². The number of piperazine rings is 1. The maximum Gasteiger partial charge on any atom is 0.250 e. The van der Waals surface area contributed by atoms with Crippen LogP contribution in [0.25, 0.3) is 0 Å². The standard InChI is InChI=1S/C11H17N3O3S2.ClH/c1-9-7-12-4-5-14(9)10(15)8-13-19(16,17)11-3-2-6-18-11;/h2-3,6,9,12-13H,4-5,7-8H2,1H3;1H. The molecule has 9 heteroatoms. The van der Waals surface area contributed by atoms with Gasteiger partial charge in [0.25, 0.3) is 10.0 Å². The predicted octanol–water partition coefficient (Wildman–Crippen LogP) is 0.269. The van der Waals surface area contributed by atoms with Crippen molar-refractivity contribution in [2.45, 2.75) is 17.2 Å². The number of carbonyl (C=O) groups excluding carboxylic acids is 1. The Morgan fingerprint density at radius 2 is 2.35 bits per heavy atom. The highest BCUT2D eigenvalue weighted by Crippen LogP contribution is 2.15. The number of sulfonamides is 1. The Morgan fingerprint density at radius 1 is 1.60 bits per heavy atom. The number of hydrogen-bond donors (Lipinski definition) is 2. The van der Waals surface area contributed by atoms with Gasteiger partial charge in [-0.2, -0.15) is 0 Å². The average Bonchev–Trinajstić information content (AvgIpc) is 2.91. The number of thiophene rings is 1. The van der Waals surface area contributed by atoms with Crippen LogP contribution in [0.1, 0.15) is 6.92 Å². The number of carbonyl (C=O) groups is 1. The van der Waals surface area contributed by atoms with Gasteiger partial charge in [-0.1, -0.05) is 6.07 Å². The molecule has 0 aromatic carbocycles. The van der Waals surface area contributed by atoms with Crippen LogP contribution in [0, 0.1) is 0 Å². The Morgan fingerprint density at radius 3 is 2.95 bits per heavy atom. The van der Waals surface area contributed by atoms with Crippen molar-refractivity contribution in [2.24, 2.45) is 0 Å². The molecule has 0 radical (unpaired) electrons. The van der Waals surface area contributed by atoms with Gasteiger partial charge in [-0.25, -0.2) is 13.1 Å². The van der Waals surface area contributed by atoms with Crippen LogP contribution in [0.3, 0.4) is 0 Å². The lowest BCUT2D eigenvalue weighted by molar-refractivity contribution is -0.132. The van der Waals surface area contributed by atoms with Crippen LogP contribution >= 0.6 is 23.7 Å². The molecule has 1 atom stereocenters. The second-order valence-electron chi connectivity index (χ2n) is 4.40. The van der Waals surface area contributed by atoms with E-state index in [0.29, 0.717) is 6.54 Å². The molecule has 1 aliphatic heterocycles. The second-order valence-corrected chi connectivity index (χ2v) is 7.34. The van der Waals surface area contributed by atoms with E-state index in [2.05, 4.69) is 10.0 Å². The zero-order chi connectivity index (χ0) is 13.9. The first kappa shape index (κ1) is 17.4. The summed E-state index contributed by atoms with van der Waals surface area (Å²) in [4.78, 5) is 13.7. The molecule has 0 spiro atoms. The van der Waals surface area contributed by atoms with E-state index < -0.39 is 10.0 Å². The normalized spacial score (nSPS) is 19.4. The van der Waals surface area contributed by atoms with Gasteiger partial charge in [0.05, 0.1) is 6.54 Å². The van der Waals surface area contributed by atoms with Crippen LogP contribution in [-0.4, -0.2) is 51.4 Å². The smallest absolute Gasteiger partial charge is 0.250 e. The molecule has 1 fully saturated rings. The first-order valence-corrected chi connectivity index (χ1v) is 8.40. The number of halogens is 1. The molecule has 1 unspecified atom stereocenters. The first-order valence-electron chi connectivity index (χ1n) is 6.04. The molecule has 0 aliphatic carbocycles. The molecule has 2 heterocycles. The van der Waals surface area contributed by atoms with Gasteiger partial charge in [0, 0.05) is 25.7 Å². The largest absolute Gasteiger partial charge is 0.336 e. The Hall–Kier alpha value is -0.670. The summed E-state index contributed by atoms with van der Waals surface area (Å²) in [6, 6.07) is 3.28. The number of nitrogens with zero attached hydrogens (tertiary/aromatic N) is 1. The Balaban J connectivity index is 0.00000200. The molecule has 1 aromatic heterocycles. The molecule has 1 aliphatic rings. The van der Waals surface area contributed by atoms with Gasteiger partial charge in [0.15, 0.2) is 0 Å². The average molecular weight is 340 g/mol. The van der Waals surface area contributed by atoms with Crippen LogP contribution in [0.15, 0.2) is 21.7 Å². The minimum absolute atomic E-state index is 0. The van der Waals surface area contributed by atoms with E-state index >= 15 is 0 Å². The van der Waals surface area contributed by atoms with Gasteiger partial charge in [-0.15, -0.1) is 23.7 Å². The van der Waals surface area contributed by atoms with Crippen LogP contribution in [-0.2, 0) is 14.8 Å². The highest BCUT2D eigenvalue weighted by Gasteiger charge is 2.24. The molecule has 2 rings (SSSR count). The maximum absolute atomic E-state index is 12.0. The van der Waals surface area contributed by atoms with Crippen LogP contribution < -0.4 is 10.0 Å². The van der Waals surface area contributed by atoms with Crippen molar-refractivity contribution in [1.82, 2.24) is 14.9 Å². The summed E-state index contributed by atoms with van der Waals surface area (Å²) >= 11 is 1.13. The van der Waals surface area contributed by atoms with E-state index in [0.717, 1.165) is 24.4 Å². The molecule has 6 nitrogen and oxygen atoms in total. The lowest BCUT2D eigenvalue weighted by atomic mass is 10.2. The fourth-order valence-corrected chi connectivity index (χ4v) is 3.97. The quantitative estimate of drug-likeness (QED) is 0.825. The van der Waals surface area contributed by atoms with Crippen molar-refractivity contribution < 1.29 is 13.2 Å². The van der Waals surface area contributed by atoms with Crippen LogP contribution in [0.5, 0.6) is 0 Å². The van der Waals surface area contributed by atoms with Gasteiger partial charge in [0.2, 0.25) is 5.91 Å². The summed E-state index contributed by atoms with van der Waals surface area (Å²) in [5, 5.41) is 4.87. The summed E-state index contributed by atoms with van der Waals surface area (Å²) in [7, 11) is -3.56. The Bertz CT molecular complexity index is 533. The van der Waals surface area contributed by atoms with E-state index in [-0.39, 0.29) is 35.1 Å². The minimum atomic E-state index is -3.56. The number of rotatable bonds is 4. The van der Waals surface area contributed by atoms with Gasteiger partial charge >= 0.3 is 0 Å². The van der Waals surface area contributed by atoms with Gasteiger partial charge in [-0.3, -0.25) is 4.79 Å². The van der Waals surface area contributed by atoms with E-state index in [1.807, 2.05) is 6.92 Å². The van der Waals surface area contributed by atoms with Gasteiger partial charge in [-0.05, 0) is 18.4 Å². The maximum atomic E-state index is 12.0. The Kier molecular flexibility index (Phi) is 6.41. The van der Waals surface area contributed by atoms with E-state index in [1.165, 1.54) is 6.07 Å². The van der Waals surface area contributed by atoms with Crippen molar-refractivity contribution in [3.8, 4) is 0 Å². The van der Waals surface area contributed by atoms with Crippen molar-refractivity contribution in [2.75, 3.05) is 26.2 Å². The number of amides is 1. The third kappa shape index (κ3) is 4.16. The first-order chi connectivity index (χ1) is 9.00. The molecule has 114 valence electrons. The van der Waals surface area contributed by atoms with Gasteiger partial charge < -0.3 is 10.2 Å². The zero-order valence-electron chi connectivity index (χ0n) is 11.0. The summed E-state index contributed by atoms with van der Waals surface area (Å²) < 4.78 is 26.3.